The maximum Gasteiger partial charge on any atom is 0.225 e. The van der Waals surface area contributed by atoms with E-state index in [9.17, 15) is 9.59 Å². The molecule has 30 heavy (non-hydrogen) atoms. The molecule has 3 aliphatic rings. The van der Waals surface area contributed by atoms with Gasteiger partial charge in [-0.25, -0.2) is 0 Å². The molecule has 0 aromatic rings. The van der Waals surface area contributed by atoms with Crippen LogP contribution in [0, 0.1) is 11.8 Å². The van der Waals surface area contributed by atoms with Gasteiger partial charge in [-0.15, -0.1) is 0 Å². The van der Waals surface area contributed by atoms with E-state index >= 15 is 0 Å². The molecule has 0 bridgehead atoms. The molecule has 2 amide bonds. The molecular formula is C23H41N5O2. The number of likely N-dealkylation sites (tertiary alicyclic amines) is 1. The number of nitrogens with one attached hydrogen (secondary N) is 3. The number of nitrogens with zero attached hydrogens (tertiary/aromatic N) is 2. The lowest BCUT2D eigenvalue weighted by Gasteiger charge is -2.21. The number of amides is 2. The Morgan fingerprint density at radius 2 is 1.70 bits per heavy atom. The number of carbonyl (C=O) groups is 2. The van der Waals surface area contributed by atoms with Crippen molar-refractivity contribution in [3.05, 3.63) is 0 Å². The molecule has 1 atom stereocenters. The number of carbonyl (C=O) groups excluding carboxylic acids is 2. The van der Waals surface area contributed by atoms with E-state index in [-0.39, 0.29) is 17.9 Å². The van der Waals surface area contributed by atoms with Gasteiger partial charge in [0.25, 0.3) is 0 Å². The molecule has 3 fully saturated rings. The summed E-state index contributed by atoms with van der Waals surface area (Å²) in [5.41, 5.74) is 0. The second-order valence-electron chi connectivity index (χ2n) is 9.21. The van der Waals surface area contributed by atoms with E-state index in [2.05, 4.69) is 20.9 Å². The Hall–Kier alpha value is -1.79. The van der Waals surface area contributed by atoms with Crippen LogP contribution >= 0.6 is 0 Å². The zero-order chi connectivity index (χ0) is 21.2. The summed E-state index contributed by atoms with van der Waals surface area (Å²) in [7, 11) is 0. The van der Waals surface area contributed by atoms with Crippen LogP contribution in [0.15, 0.2) is 4.99 Å². The topological polar surface area (TPSA) is 85.8 Å². The minimum atomic E-state index is 0.159. The largest absolute Gasteiger partial charge is 0.357 e. The fourth-order valence-corrected chi connectivity index (χ4v) is 5.11. The zero-order valence-corrected chi connectivity index (χ0v) is 18.8. The van der Waals surface area contributed by atoms with Crippen molar-refractivity contribution in [2.24, 2.45) is 16.8 Å². The van der Waals surface area contributed by atoms with Crippen LogP contribution in [0.4, 0.5) is 0 Å². The molecule has 7 nitrogen and oxygen atoms in total. The van der Waals surface area contributed by atoms with E-state index in [1.165, 1.54) is 44.9 Å². The highest BCUT2D eigenvalue weighted by molar-refractivity contribution is 5.81. The molecule has 3 N–H and O–H groups in total. The van der Waals surface area contributed by atoms with Crippen molar-refractivity contribution < 1.29 is 9.59 Å². The summed E-state index contributed by atoms with van der Waals surface area (Å²) >= 11 is 0. The molecule has 0 aromatic carbocycles. The van der Waals surface area contributed by atoms with Crippen LogP contribution in [0.3, 0.4) is 0 Å². The molecule has 2 aliphatic carbocycles. The minimum Gasteiger partial charge on any atom is -0.357 e. The molecule has 170 valence electrons. The predicted octanol–water partition coefficient (Wildman–Crippen LogP) is 2.42. The van der Waals surface area contributed by atoms with Crippen molar-refractivity contribution in [1.29, 1.82) is 0 Å². The van der Waals surface area contributed by atoms with Gasteiger partial charge in [0.1, 0.15) is 0 Å². The van der Waals surface area contributed by atoms with Crippen molar-refractivity contribution in [3.8, 4) is 0 Å². The highest BCUT2D eigenvalue weighted by Gasteiger charge is 2.32. The van der Waals surface area contributed by atoms with Crippen LogP contribution in [0.5, 0.6) is 0 Å². The van der Waals surface area contributed by atoms with E-state index in [4.69, 9.17) is 0 Å². The summed E-state index contributed by atoms with van der Waals surface area (Å²) in [5.74, 6) is 2.10. The average Bonchev–Trinajstić information content (AvgIpc) is 3.44. The third kappa shape index (κ3) is 7.17. The number of hydrogen-bond donors (Lipinski definition) is 3. The van der Waals surface area contributed by atoms with Gasteiger partial charge < -0.3 is 20.9 Å². The van der Waals surface area contributed by atoms with Gasteiger partial charge in [-0.2, -0.15) is 0 Å². The molecular weight excluding hydrogens is 378 g/mol. The number of rotatable bonds is 8. The highest BCUT2D eigenvalue weighted by atomic mass is 16.2. The maximum atomic E-state index is 12.6. The van der Waals surface area contributed by atoms with Crippen LogP contribution in [0.1, 0.15) is 77.6 Å². The third-order valence-corrected chi connectivity index (χ3v) is 6.79. The summed E-state index contributed by atoms with van der Waals surface area (Å²) in [5, 5.41) is 9.78. The summed E-state index contributed by atoms with van der Waals surface area (Å²) in [6, 6.07) is 0.244. The number of aliphatic imine (C=N–C) groups is 1. The predicted molar refractivity (Wildman–Crippen MR) is 120 cm³/mol. The first-order valence-electron chi connectivity index (χ1n) is 12.3. The molecule has 1 saturated heterocycles. The lowest BCUT2D eigenvalue weighted by molar-refractivity contribution is -0.134. The quantitative estimate of drug-likeness (QED) is 0.320. The Bertz CT molecular complexity index is 582. The van der Waals surface area contributed by atoms with Gasteiger partial charge in [0.2, 0.25) is 11.8 Å². The van der Waals surface area contributed by atoms with Crippen molar-refractivity contribution in [2.45, 2.75) is 83.6 Å². The lowest BCUT2D eigenvalue weighted by atomic mass is 9.87. The first-order valence-corrected chi connectivity index (χ1v) is 12.3. The minimum absolute atomic E-state index is 0.159. The molecule has 2 saturated carbocycles. The van der Waals surface area contributed by atoms with Gasteiger partial charge in [0.05, 0.1) is 6.54 Å². The molecule has 0 spiro atoms. The second-order valence-corrected chi connectivity index (χ2v) is 9.21. The van der Waals surface area contributed by atoms with E-state index < -0.39 is 0 Å². The van der Waals surface area contributed by atoms with Gasteiger partial charge in [0.15, 0.2) is 5.96 Å². The third-order valence-electron chi connectivity index (χ3n) is 6.79. The Balaban J connectivity index is 1.36. The Morgan fingerprint density at radius 3 is 2.43 bits per heavy atom. The molecule has 3 rings (SSSR count). The standard InChI is InChI=1S/C23H41N5O2/c1-2-24-23(26-14-13-25-21(29)16-18-8-4-3-5-9-18)27-20-12-15-28(17-20)22(30)19-10-6-7-11-19/h18-20H,2-17H2,1H3,(H,25,29)(H2,24,26,27). The second kappa shape index (κ2) is 12.2. The Morgan fingerprint density at radius 1 is 0.967 bits per heavy atom. The molecule has 1 unspecified atom stereocenters. The van der Waals surface area contributed by atoms with Crippen LogP contribution < -0.4 is 16.0 Å². The van der Waals surface area contributed by atoms with Gasteiger partial charge >= 0.3 is 0 Å². The Kier molecular flexibility index (Phi) is 9.27. The van der Waals surface area contributed by atoms with Crippen LogP contribution in [0.25, 0.3) is 0 Å². The Labute approximate surface area is 181 Å². The van der Waals surface area contributed by atoms with Gasteiger partial charge in [-0.3, -0.25) is 14.6 Å². The summed E-state index contributed by atoms with van der Waals surface area (Å²) in [6.45, 7) is 5.56. The van der Waals surface area contributed by atoms with E-state index in [0.29, 0.717) is 31.3 Å². The maximum absolute atomic E-state index is 12.6. The molecule has 1 aliphatic heterocycles. The van der Waals surface area contributed by atoms with Gasteiger partial charge in [0, 0.05) is 44.6 Å². The van der Waals surface area contributed by atoms with Crippen LogP contribution in [-0.4, -0.2) is 61.4 Å². The van der Waals surface area contributed by atoms with Gasteiger partial charge in [-0.1, -0.05) is 32.1 Å². The van der Waals surface area contributed by atoms with Crippen molar-refractivity contribution in [3.63, 3.8) is 0 Å². The first kappa shape index (κ1) is 22.9. The van der Waals surface area contributed by atoms with Crippen molar-refractivity contribution in [2.75, 3.05) is 32.7 Å². The smallest absolute Gasteiger partial charge is 0.225 e. The summed E-state index contributed by atoms with van der Waals surface area (Å²) in [4.78, 5) is 31.4. The van der Waals surface area contributed by atoms with Crippen LogP contribution in [0.2, 0.25) is 0 Å². The average molecular weight is 420 g/mol. The molecule has 7 heteroatoms. The van der Waals surface area contributed by atoms with Gasteiger partial charge in [-0.05, 0) is 44.9 Å². The normalized spacial score (nSPS) is 23.6. The van der Waals surface area contributed by atoms with E-state index in [0.717, 1.165) is 44.9 Å². The SMILES string of the molecule is CCNC(=NCCNC(=O)CC1CCCCC1)NC1CCN(C(=O)C2CCCC2)C1. The van der Waals surface area contributed by atoms with Crippen LogP contribution in [-0.2, 0) is 9.59 Å². The van der Waals surface area contributed by atoms with Crippen molar-refractivity contribution in [1.82, 2.24) is 20.9 Å². The molecule has 1 heterocycles. The number of guanidine groups is 1. The monoisotopic (exact) mass is 419 g/mol. The fourth-order valence-electron chi connectivity index (χ4n) is 5.11. The van der Waals surface area contributed by atoms with Crippen molar-refractivity contribution >= 4 is 17.8 Å². The first-order chi connectivity index (χ1) is 14.7. The molecule has 0 radical (unpaired) electrons. The van der Waals surface area contributed by atoms with E-state index in [1.807, 2.05) is 11.8 Å². The lowest BCUT2D eigenvalue weighted by Crippen LogP contribution is -2.45. The van der Waals surface area contributed by atoms with E-state index in [1.54, 1.807) is 0 Å². The zero-order valence-electron chi connectivity index (χ0n) is 18.8. The fraction of sp³-hybridized carbons (Fsp3) is 0.870. The number of hydrogen-bond acceptors (Lipinski definition) is 3. The summed E-state index contributed by atoms with van der Waals surface area (Å²) in [6.07, 6.45) is 12.4. The summed E-state index contributed by atoms with van der Waals surface area (Å²) < 4.78 is 0. The highest BCUT2D eigenvalue weighted by Crippen LogP contribution is 2.28. The molecule has 0 aromatic heterocycles.